The van der Waals surface area contributed by atoms with Crippen molar-refractivity contribution in [1.29, 1.82) is 0 Å². The first-order valence-corrected chi connectivity index (χ1v) is 6.75. The average Bonchev–Trinajstić information content (AvgIpc) is 2.27. The molecule has 0 spiro atoms. The number of ether oxygens (including phenoxy) is 1. The maximum absolute atomic E-state index is 12.5. The lowest BCUT2D eigenvalue weighted by Crippen LogP contribution is -2.54. The molecule has 2 aliphatic heterocycles. The van der Waals surface area contributed by atoms with E-state index in [4.69, 9.17) is 4.74 Å². The molecule has 0 bridgehead atoms. The van der Waals surface area contributed by atoms with E-state index in [-0.39, 0.29) is 18.1 Å². The molecule has 2 heterocycles. The Morgan fingerprint density at radius 2 is 1.88 bits per heavy atom. The van der Waals surface area contributed by atoms with Crippen molar-refractivity contribution in [3.8, 4) is 0 Å². The number of piperidine rings is 1. The molecular formula is C13H24N2O2. The quantitative estimate of drug-likeness (QED) is 0.744. The van der Waals surface area contributed by atoms with Crippen LogP contribution in [0, 0.1) is 5.92 Å². The monoisotopic (exact) mass is 240 g/mol. The van der Waals surface area contributed by atoms with E-state index >= 15 is 0 Å². The van der Waals surface area contributed by atoms with E-state index in [1.54, 1.807) is 0 Å². The Labute approximate surface area is 104 Å². The third kappa shape index (κ3) is 2.99. The molecule has 4 atom stereocenters. The van der Waals surface area contributed by atoms with Crippen LogP contribution in [-0.2, 0) is 9.53 Å². The zero-order valence-corrected chi connectivity index (χ0v) is 11.1. The second-order valence-electron chi connectivity index (χ2n) is 5.49. The molecule has 2 fully saturated rings. The lowest BCUT2D eigenvalue weighted by molar-refractivity contribution is -0.149. The lowest BCUT2D eigenvalue weighted by Gasteiger charge is -2.39. The lowest BCUT2D eigenvalue weighted by atomic mass is 9.90. The fraction of sp³-hybridized carbons (Fsp3) is 0.923. The van der Waals surface area contributed by atoms with Crippen molar-refractivity contribution in [2.75, 3.05) is 19.6 Å². The SMILES string of the molecule is CC1NCCCC1C(=O)N1C[C@@H](C)O[C@@H](C)C1. The van der Waals surface area contributed by atoms with Crippen LogP contribution in [-0.4, -0.2) is 48.7 Å². The van der Waals surface area contributed by atoms with Crippen LogP contribution in [0.4, 0.5) is 0 Å². The zero-order chi connectivity index (χ0) is 12.4. The van der Waals surface area contributed by atoms with Crippen LogP contribution in [0.5, 0.6) is 0 Å². The van der Waals surface area contributed by atoms with Crippen molar-refractivity contribution in [2.24, 2.45) is 5.92 Å². The van der Waals surface area contributed by atoms with Crippen LogP contribution in [0.2, 0.25) is 0 Å². The van der Waals surface area contributed by atoms with E-state index in [2.05, 4.69) is 12.2 Å². The highest BCUT2D eigenvalue weighted by Crippen LogP contribution is 2.21. The highest BCUT2D eigenvalue weighted by atomic mass is 16.5. The number of rotatable bonds is 1. The van der Waals surface area contributed by atoms with Crippen molar-refractivity contribution in [3.05, 3.63) is 0 Å². The minimum atomic E-state index is 0.154. The van der Waals surface area contributed by atoms with Gasteiger partial charge in [0.15, 0.2) is 0 Å². The summed E-state index contributed by atoms with van der Waals surface area (Å²) in [6.45, 7) is 8.73. The molecule has 0 radical (unpaired) electrons. The molecule has 0 saturated carbocycles. The van der Waals surface area contributed by atoms with E-state index in [0.717, 1.165) is 32.5 Å². The predicted octanol–water partition coefficient (Wildman–Crippen LogP) is 1.01. The predicted molar refractivity (Wildman–Crippen MR) is 66.8 cm³/mol. The van der Waals surface area contributed by atoms with E-state index in [1.165, 1.54) is 0 Å². The van der Waals surface area contributed by atoms with Gasteiger partial charge >= 0.3 is 0 Å². The Morgan fingerprint density at radius 3 is 2.47 bits per heavy atom. The normalized spacial score (nSPS) is 39.1. The molecule has 17 heavy (non-hydrogen) atoms. The second-order valence-corrected chi connectivity index (χ2v) is 5.49. The molecule has 4 nitrogen and oxygen atoms in total. The van der Waals surface area contributed by atoms with Crippen molar-refractivity contribution < 1.29 is 9.53 Å². The van der Waals surface area contributed by atoms with Crippen LogP contribution in [0.25, 0.3) is 0 Å². The fourth-order valence-electron chi connectivity index (χ4n) is 2.97. The second kappa shape index (κ2) is 5.36. The van der Waals surface area contributed by atoms with Gasteiger partial charge in [-0.3, -0.25) is 4.79 Å². The molecule has 2 aliphatic rings. The van der Waals surface area contributed by atoms with Gasteiger partial charge in [-0.05, 0) is 40.2 Å². The Morgan fingerprint density at radius 1 is 1.24 bits per heavy atom. The first kappa shape index (κ1) is 12.8. The van der Waals surface area contributed by atoms with Gasteiger partial charge in [-0.15, -0.1) is 0 Å². The summed E-state index contributed by atoms with van der Waals surface area (Å²) < 4.78 is 5.67. The summed E-state index contributed by atoms with van der Waals surface area (Å²) in [5.74, 6) is 0.466. The Balaban J connectivity index is 1.98. The zero-order valence-electron chi connectivity index (χ0n) is 11.1. The molecule has 2 unspecified atom stereocenters. The molecule has 0 aromatic carbocycles. The van der Waals surface area contributed by atoms with Gasteiger partial charge in [0.1, 0.15) is 0 Å². The van der Waals surface area contributed by atoms with Crippen molar-refractivity contribution >= 4 is 5.91 Å². The van der Waals surface area contributed by atoms with Crippen LogP contribution in [0.3, 0.4) is 0 Å². The maximum Gasteiger partial charge on any atom is 0.227 e. The Kier molecular flexibility index (Phi) is 4.05. The molecule has 2 saturated heterocycles. The van der Waals surface area contributed by atoms with Crippen LogP contribution in [0.15, 0.2) is 0 Å². The molecular weight excluding hydrogens is 216 g/mol. The number of hydrogen-bond acceptors (Lipinski definition) is 3. The topological polar surface area (TPSA) is 41.6 Å². The first-order chi connectivity index (χ1) is 8.08. The van der Waals surface area contributed by atoms with Crippen molar-refractivity contribution in [1.82, 2.24) is 10.2 Å². The summed E-state index contributed by atoms with van der Waals surface area (Å²) in [5.41, 5.74) is 0. The molecule has 0 aliphatic carbocycles. The van der Waals surface area contributed by atoms with Crippen molar-refractivity contribution in [2.45, 2.75) is 51.9 Å². The van der Waals surface area contributed by atoms with Gasteiger partial charge in [0, 0.05) is 19.1 Å². The third-order valence-electron chi connectivity index (χ3n) is 3.81. The van der Waals surface area contributed by atoms with E-state index < -0.39 is 0 Å². The molecule has 98 valence electrons. The van der Waals surface area contributed by atoms with E-state index in [9.17, 15) is 4.79 Å². The maximum atomic E-state index is 12.5. The summed E-state index contributed by atoms with van der Waals surface area (Å²) in [4.78, 5) is 14.5. The largest absolute Gasteiger partial charge is 0.372 e. The summed E-state index contributed by atoms with van der Waals surface area (Å²) in [7, 11) is 0. The highest BCUT2D eigenvalue weighted by molar-refractivity contribution is 5.79. The fourth-order valence-corrected chi connectivity index (χ4v) is 2.97. The smallest absolute Gasteiger partial charge is 0.227 e. The Bertz CT molecular complexity index is 273. The molecule has 0 aromatic rings. The van der Waals surface area contributed by atoms with E-state index in [0.29, 0.717) is 11.9 Å². The molecule has 1 amide bonds. The number of carbonyl (C=O) groups excluding carboxylic acids is 1. The summed E-state index contributed by atoms with van der Waals surface area (Å²) in [6.07, 6.45) is 2.45. The van der Waals surface area contributed by atoms with Gasteiger partial charge in [-0.2, -0.15) is 0 Å². The van der Waals surface area contributed by atoms with Crippen LogP contribution >= 0.6 is 0 Å². The van der Waals surface area contributed by atoms with Crippen LogP contribution in [0.1, 0.15) is 33.6 Å². The number of carbonyl (C=O) groups is 1. The number of nitrogens with one attached hydrogen (secondary N) is 1. The summed E-state index contributed by atoms with van der Waals surface area (Å²) in [6, 6.07) is 0.310. The minimum absolute atomic E-state index is 0.154. The van der Waals surface area contributed by atoms with Crippen LogP contribution < -0.4 is 5.32 Å². The number of nitrogens with zero attached hydrogens (tertiary/aromatic N) is 1. The first-order valence-electron chi connectivity index (χ1n) is 6.75. The summed E-state index contributed by atoms with van der Waals surface area (Å²) in [5, 5.41) is 3.40. The minimum Gasteiger partial charge on any atom is -0.372 e. The summed E-state index contributed by atoms with van der Waals surface area (Å²) >= 11 is 0. The van der Waals surface area contributed by atoms with Gasteiger partial charge < -0.3 is 15.0 Å². The number of morpholine rings is 1. The van der Waals surface area contributed by atoms with Gasteiger partial charge in [-0.1, -0.05) is 0 Å². The third-order valence-corrected chi connectivity index (χ3v) is 3.81. The van der Waals surface area contributed by atoms with Gasteiger partial charge in [0.2, 0.25) is 5.91 Å². The van der Waals surface area contributed by atoms with Gasteiger partial charge in [0.25, 0.3) is 0 Å². The van der Waals surface area contributed by atoms with Gasteiger partial charge in [-0.25, -0.2) is 0 Å². The Hall–Kier alpha value is -0.610. The molecule has 1 N–H and O–H groups in total. The number of hydrogen-bond donors (Lipinski definition) is 1. The van der Waals surface area contributed by atoms with E-state index in [1.807, 2.05) is 18.7 Å². The van der Waals surface area contributed by atoms with Crippen molar-refractivity contribution in [3.63, 3.8) is 0 Å². The van der Waals surface area contributed by atoms with Gasteiger partial charge in [0.05, 0.1) is 18.1 Å². The standard InChI is InChI=1S/C13H24N2O2/c1-9-7-15(8-10(2)17-9)13(16)12-5-4-6-14-11(12)3/h9-12,14H,4-8H2,1-3H3/t9-,10+,11?,12?. The molecule has 0 aromatic heterocycles. The molecule has 4 heteroatoms. The highest BCUT2D eigenvalue weighted by Gasteiger charge is 2.34. The molecule has 2 rings (SSSR count). The number of amides is 1. The average molecular weight is 240 g/mol.